The zero-order chi connectivity index (χ0) is 14.0. The molecule has 2 rings (SSSR count). The average molecular weight is 264 g/mol. The van der Waals surface area contributed by atoms with Gasteiger partial charge in [-0.1, -0.05) is 13.8 Å². The summed E-state index contributed by atoms with van der Waals surface area (Å²) in [6.07, 6.45) is 3.56. The zero-order valence-corrected chi connectivity index (χ0v) is 11.6. The van der Waals surface area contributed by atoms with Crippen molar-refractivity contribution in [2.75, 3.05) is 6.54 Å². The molecule has 2 heterocycles. The van der Waals surface area contributed by atoms with Gasteiger partial charge in [0, 0.05) is 26.2 Å². The lowest BCUT2D eigenvalue weighted by atomic mass is 10.0. The summed E-state index contributed by atoms with van der Waals surface area (Å²) in [5.74, 6) is -0.116. The van der Waals surface area contributed by atoms with Gasteiger partial charge in [-0.25, -0.2) is 4.98 Å². The number of imidazole rings is 1. The second-order valence-corrected chi connectivity index (χ2v) is 5.26. The largest absolute Gasteiger partial charge is 0.344 e. The molecule has 0 radical (unpaired) electrons. The highest BCUT2D eigenvalue weighted by Gasteiger charge is 2.29. The van der Waals surface area contributed by atoms with Crippen molar-refractivity contribution in [1.82, 2.24) is 19.8 Å². The number of hydrogen-bond acceptors (Lipinski definition) is 3. The van der Waals surface area contributed by atoms with Gasteiger partial charge in [-0.15, -0.1) is 0 Å². The van der Waals surface area contributed by atoms with E-state index in [9.17, 15) is 9.59 Å². The molecule has 1 N–H and O–H groups in total. The SMILES string of the molecule is CC(=O)NC(C(=O)N1CCn2cncc2C1)C(C)C. The number of nitrogens with zero attached hydrogens (tertiary/aromatic N) is 3. The number of amides is 2. The van der Waals surface area contributed by atoms with E-state index in [-0.39, 0.29) is 17.7 Å². The van der Waals surface area contributed by atoms with E-state index in [4.69, 9.17) is 0 Å². The number of carbonyl (C=O) groups is 2. The number of fused-ring (bicyclic) bond motifs is 1. The first-order chi connectivity index (χ1) is 8.99. The normalized spacial score (nSPS) is 16.1. The monoisotopic (exact) mass is 264 g/mol. The molecule has 1 unspecified atom stereocenters. The van der Waals surface area contributed by atoms with Crippen LogP contribution >= 0.6 is 0 Å². The molecule has 0 aliphatic carbocycles. The van der Waals surface area contributed by atoms with Crippen molar-refractivity contribution in [2.24, 2.45) is 5.92 Å². The molecule has 1 aromatic heterocycles. The fourth-order valence-electron chi connectivity index (χ4n) is 2.30. The molecular formula is C13H20N4O2. The molecule has 0 fully saturated rings. The van der Waals surface area contributed by atoms with E-state index in [1.54, 1.807) is 17.4 Å². The van der Waals surface area contributed by atoms with Gasteiger partial charge in [-0.3, -0.25) is 9.59 Å². The van der Waals surface area contributed by atoms with E-state index in [2.05, 4.69) is 10.3 Å². The molecule has 6 nitrogen and oxygen atoms in total. The van der Waals surface area contributed by atoms with Crippen LogP contribution < -0.4 is 5.32 Å². The van der Waals surface area contributed by atoms with E-state index in [0.717, 1.165) is 12.2 Å². The van der Waals surface area contributed by atoms with E-state index in [0.29, 0.717) is 13.1 Å². The van der Waals surface area contributed by atoms with Crippen molar-refractivity contribution in [2.45, 2.75) is 39.9 Å². The van der Waals surface area contributed by atoms with E-state index in [1.165, 1.54) is 6.92 Å². The molecule has 1 aromatic rings. The van der Waals surface area contributed by atoms with Crippen molar-refractivity contribution in [3.8, 4) is 0 Å². The van der Waals surface area contributed by atoms with Gasteiger partial charge < -0.3 is 14.8 Å². The Balaban J connectivity index is 2.08. The standard InChI is InChI=1S/C13H20N4O2/c1-9(2)12(15-10(3)18)13(19)16-4-5-17-8-14-6-11(17)7-16/h6,8-9,12H,4-5,7H2,1-3H3,(H,15,18). The highest BCUT2D eigenvalue weighted by atomic mass is 16.2. The smallest absolute Gasteiger partial charge is 0.245 e. The number of aromatic nitrogens is 2. The second-order valence-electron chi connectivity index (χ2n) is 5.26. The second kappa shape index (κ2) is 5.42. The summed E-state index contributed by atoms with van der Waals surface area (Å²) in [6.45, 7) is 7.28. The molecule has 2 amide bonds. The van der Waals surface area contributed by atoms with Crippen LogP contribution in [0.15, 0.2) is 12.5 Å². The van der Waals surface area contributed by atoms with Gasteiger partial charge in [0.25, 0.3) is 0 Å². The molecule has 1 aliphatic heterocycles. The zero-order valence-electron chi connectivity index (χ0n) is 11.6. The van der Waals surface area contributed by atoms with Crippen LogP contribution in [-0.2, 0) is 22.7 Å². The molecule has 19 heavy (non-hydrogen) atoms. The maximum Gasteiger partial charge on any atom is 0.245 e. The third kappa shape index (κ3) is 2.94. The lowest BCUT2D eigenvalue weighted by Gasteiger charge is -2.32. The third-order valence-electron chi connectivity index (χ3n) is 3.37. The molecule has 1 atom stereocenters. The summed E-state index contributed by atoms with van der Waals surface area (Å²) >= 11 is 0. The van der Waals surface area contributed by atoms with Crippen molar-refractivity contribution in [3.63, 3.8) is 0 Å². The number of hydrogen-bond donors (Lipinski definition) is 1. The summed E-state index contributed by atoms with van der Waals surface area (Å²) in [4.78, 5) is 29.6. The van der Waals surface area contributed by atoms with E-state index in [1.807, 2.05) is 18.4 Å². The molecular weight excluding hydrogens is 244 g/mol. The first-order valence-corrected chi connectivity index (χ1v) is 6.54. The minimum atomic E-state index is -0.452. The van der Waals surface area contributed by atoms with Crippen LogP contribution in [0, 0.1) is 5.92 Å². The topological polar surface area (TPSA) is 67.2 Å². The predicted octanol–water partition coefficient (Wildman–Crippen LogP) is 0.386. The molecule has 0 aromatic carbocycles. The molecule has 6 heteroatoms. The van der Waals surface area contributed by atoms with Crippen LogP contribution in [-0.4, -0.2) is 38.9 Å². The quantitative estimate of drug-likeness (QED) is 0.858. The van der Waals surface area contributed by atoms with Crippen LogP contribution in [0.2, 0.25) is 0 Å². The van der Waals surface area contributed by atoms with Crippen molar-refractivity contribution < 1.29 is 9.59 Å². The Hall–Kier alpha value is -1.85. The molecule has 104 valence electrons. The number of carbonyl (C=O) groups excluding carboxylic acids is 2. The van der Waals surface area contributed by atoms with Crippen LogP contribution in [0.5, 0.6) is 0 Å². The molecule has 1 aliphatic rings. The fraction of sp³-hybridized carbons (Fsp3) is 0.615. The maximum absolute atomic E-state index is 12.5. The Kier molecular flexibility index (Phi) is 3.87. The minimum Gasteiger partial charge on any atom is -0.344 e. The van der Waals surface area contributed by atoms with Gasteiger partial charge in [0.15, 0.2) is 0 Å². The van der Waals surface area contributed by atoms with Crippen molar-refractivity contribution in [3.05, 3.63) is 18.2 Å². The minimum absolute atomic E-state index is 0.0161. The van der Waals surface area contributed by atoms with Gasteiger partial charge in [-0.05, 0) is 5.92 Å². The molecule has 0 saturated carbocycles. The van der Waals surface area contributed by atoms with Gasteiger partial charge >= 0.3 is 0 Å². The Morgan fingerprint density at radius 2 is 2.11 bits per heavy atom. The first-order valence-electron chi connectivity index (χ1n) is 6.54. The summed E-state index contributed by atoms with van der Waals surface area (Å²) in [5.41, 5.74) is 1.03. The first kappa shape index (κ1) is 13.6. The van der Waals surface area contributed by atoms with Crippen LogP contribution in [0.25, 0.3) is 0 Å². The van der Waals surface area contributed by atoms with Crippen LogP contribution in [0.3, 0.4) is 0 Å². The summed E-state index contributed by atoms with van der Waals surface area (Å²) in [5, 5.41) is 2.74. The summed E-state index contributed by atoms with van der Waals surface area (Å²) in [6, 6.07) is -0.452. The number of rotatable bonds is 3. The number of nitrogens with one attached hydrogen (secondary N) is 1. The predicted molar refractivity (Wildman–Crippen MR) is 70.1 cm³/mol. The van der Waals surface area contributed by atoms with Gasteiger partial charge in [-0.2, -0.15) is 0 Å². The molecule has 0 saturated heterocycles. The summed E-state index contributed by atoms with van der Waals surface area (Å²) < 4.78 is 2.05. The average Bonchev–Trinajstić information content (AvgIpc) is 2.81. The van der Waals surface area contributed by atoms with Gasteiger partial charge in [0.1, 0.15) is 6.04 Å². The third-order valence-corrected chi connectivity index (χ3v) is 3.37. The van der Waals surface area contributed by atoms with Crippen LogP contribution in [0.1, 0.15) is 26.5 Å². The van der Waals surface area contributed by atoms with E-state index < -0.39 is 6.04 Å². The molecule has 0 bridgehead atoms. The van der Waals surface area contributed by atoms with Gasteiger partial charge in [0.05, 0.1) is 18.6 Å². The summed E-state index contributed by atoms with van der Waals surface area (Å²) in [7, 11) is 0. The van der Waals surface area contributed by atoms with Crippen molar-refractivity contribution in [1.29, 1.82) is 0 Å². The Morgan fingerprint density at radius 1 is 1.37 bits per heavy atom. The van der Waals surface area contributed by atoms with Crippen molar-refractivity contribution >= 4 is 11.8 Å². The Bertz CT molecular complexity index is 481. The Morgan fingerprint density at radius 3 is 2.74 bits per heavy atom. The highest BCUT2D eigenvalue weighted by molar-refractivity contribution is 5.87. The Labute approximate surface area is 112 Å². The maximum atomic E-state index is 12.5. The van der Waals surface area contributed by atoms with Gasteiger partial charge in [0.2, 0.25) is 11.8 Å². The highest BCUT2D eigenvalue weighted by Crippen LogP contribution is 2.14. The van der Waals surface area contributed by atoms with E-state index >= 15 is 0 Å². The fourth-order valence-corrected chi connectivity index (χ4v) is 2.30. The van der Waals surface area contributed by atoms with Crippen LogP contribution in [0.4, 0.5) is 0 Å². The lowest BCUT2D eigenvalue weighted by molar-refractivity contribution is -0.138. The lowest BCUT2D eigenvalue weighted by Crippen LogP contribution is -2.52. The molecule has 0 spiro atoms.